The number of amides is 1. The van der Waals surface area contributed by atoms with Crippen LogP contribution >= 0.6 is 0 Å². The molecular weight excluding hydrogens is 380 g/mol. The number of aromatic nitrogens is 2. The average Bonchev–Trinajstić information content (AvgIpc) is 3.20. The summed E-state index contributed by atoms with van der Waals surface area (Å²) < 4.78 is 32.4. The lowest BCUT2D eigenvalue weighted by Gasteiger charge is -2.22. The number of hydrazone groups is 1. The van der Waals surface area contributed by atoms with E-state index in [0.29, 0.717) is 24.0 Å². The zero-order valence-electron chi connectivity index (χ0n) is 15.4. The molecule has 0 fully saturated rings. The summed E-state index contributed by atoms with van der Waals surface area (Å²) in [5.41, 5.74) is 1.18. The largest absolute Gasteiger partial charge is 0.473 e. The molecule has 7 nitrogen and oxygen atoms in total. The number of hydrogen-bond donors (Lipinski definition) is 0. The first-order valence-corrected chi connectivity index (χ1v) is 8.78. The predicted octanol–water partition coefficient (Wildman–Crippen LogP) is 3.30. The maximum Gasteiger partial charge on any atom is 0.243 e. The van der Waals surface area contributed by atoms with Crippen LogP contribution in [-0.2, 0) is 4.79 Å². The molecule has 0 N–H and O–H groups in total. The minimum Gasteiger partial charge on any atom is -0.473 e. The van der Waals surface area contributed by atoms with E-state index in [-0.39, 0.29) is 30.5 Å². The van der Waals surface area contributed by atoms with Crippen molar-refractivity contribution in [1.82, 2.24) is 15.0 Å². The van der Waals surface area contributed by atoms with Gasteiger partial charge in [-0.2, -0.15) is 10.4 Å². The van der Waals surface area contributed by atoms with E-state index >= 15 is 0 Å². The fourth-order valence-electron chi connectivity index (χ4n) is 2.82. The quantitative estimate of drug-likeness (QED) is 0.669. The number of carbonyl (C=O) groups excluding carboxylic acids is 1. The van der Waals surface area contributed by atoms with Crippen LogP contribution in [0.2, 0.25) is 0 Å². The van der Waals surface area contributed by atoms with Gasteiger partial charge in [-0.25, -0.2) is 23.8 Å². The summed E-state index contributed by atoms with van der Waals surface area (Å²) in [7, 11) is 0. The van der Waals surface area contributed by atoms with Gasteiger partial charge < -0.3 is 4.74 Å². The number of nitrogens with zero attached hydrogens (tertiary/aromatic N) is 5. The van der Waals surface area contributed by atoms with E-state index in [1.807, 2.05) is 6.07 Å². The lowest BCUT2D eigenvalue weighted by atomic mass is 10.0. The highest BCUT2D eigenvalue weighted by molar-refractivity contribution is 5.80. The Morgan fingerprint density at radius 1 is 1.24 bits per heavy atom. The predicted molar refractivity (Wildman–Crippen MR) is 99.7 cm³/mol. The zero-order valence-corrected chi connectivity index (χ0v) is 15.4. The molecule has 1 aromatic heterocycles. The third-order valence-electron chi connectivity index (χ3n) is 4.23. The van der Waals surface area contributed by atoms with Crippen molar-refractivity contribution in [2.24, 2.45) is 5.10 Å². The van der Waals surface area contributed by atoms with E-state index in [2.05, 4.69) is 21.6 Å². The number of hydrogen-bond acceptors (Lipinski definition) is 6. The molecule has 1 aromatic carbocycles. The first kappa shape index (κ1) is 20.1. The van der Waals surface area contributed by atoms with Gasteiger partial charge in [-0.1, -0.05) is 6.58 Å². The molecule has 3 rings (SSSR count). The van der Waals surface area contributed by atoms with Crippen LogP contribution in [0, 0.1) is 23.0 Å². The topological polar surface area (TPSA) is 91.5 Å². The Morgan fingerprint density at radius 2 is 2.00 bits per heavy atom. The van der Waals surface area contributed by atoms with Crippen LogP contribution in [0.1, 0.15) is 36.6 Å². The van der Waals surface area contributed by atoms with Gasteiger partial charge in [-0.15, -0.1) is 0 Å². The highest BCUT2D eigenvalue weighted by atomic mass is 19.1. The molecule has 148 valence electrons. The van der Waals surface area contributed by atoms with Crippen molar-refractivity contribution in [1.29, 1.82) is 5.26 Å². The van der Waals surface area contributed by atoms with Crippen LogP contribution < -0.4 is 4.74 Å². The van der Waals surface area contributed by atoms with Crippen molar-refractivity contribution in [3.8, 4) is 11.9 Å². The Labute approximate surface area is 166 Å². The van der Waals surface area contributed by atoms with Crippen molar-refractivity contribution in [3.63, 3.8) is 0 Å². The van der Waals surface area contributed by atoms with Crippen molar-refractivity contribution in [2.75, 3.05) is 6.61 Å². The molecule has 1 unspecified atom stereocenters. The standard InChI is InChI=1S/C20H17F2N5O2/c1-13(11-29-19-9-17(10-23)24-12-25-19)2-3-20(28)27-18(4-5-26-27)14-6-15(21)8-16(22)7-14/h5-9,12,18H,1-4,11H2. The van der Waals surface area contributed by atoms with Crippen molar-refractivity contribution >= 4 is 12.1 Å². The normalized spacial score (nSPS) is 15.2. The van der Waals surface area contributed by atoms with Crippen LogP contribution in [0.15, 0.2) is 47.8 Å². The number of benzene rings is 1. The van der Waals surface area contributed by atoms with Gasteiger partial charge in [0.15, 0.2) is 0 Å². The Morgan fingerprint density at radius 3 is 2.72 bits per heavy atom. The van der Waals surface area contributed by atoms with E-state index in [4.69, 9.17) is 10.00 Å². The van der Waals surface area contributed by atoms with E-state index in [1.54, 1.807) is 6.21 Å². The first-order chi connectivity index (χ1) is 14.0. The summed E-state index contributed by atoms with van der Waals surface area (Å²) in [6.45, 7) is 3.99. The first-order valence-electron chi connectivity index (χ1n) is 8.78. The molecule has 0 radical (unpaired) electrons. The average molecular weight is 397 g/mol. The second-order valence-electron chi connectivity index (χ2n) is 6.38. The van der Waals surface area contributed by atoms with Gasteiger partial charge in [0.2, 0.25) is 11.8 Å². The molecule has 1 aliphatic heterocycles. The number of nitriles is 1. The third-order valence-corrected chi connectivity index (χ3v) is 4.23. The summed E-state index contributed by atoms with van der Waals surface area (Å²) in [4.78, 5) is 20.2. The van der Waals surface area contributed by atoms with E-state index in [0.717, 1.165) is 6.07 Å². The lowest BCUT2D eigenvalue weighted by Crippen LogP contribution is -2.27. The van der Waals surface area contributed by atoms with Crippen molar-refractivity contribution in [2.45, 2.75) is 25.3 Å². The molecule has 0 saturated carbocycles. The zero-order chi connectivity index (χ0) is 20.8. The Balaban J connectivity index is 1.53. The van der Waals surface area contributed by atoms with E-state index in [9.17, 15) is 13.6 Å². The molecule has 1 atom stereocenters. The fraction of sp³-hybridized carbons (Fsp3) is 0.250. The number of carbonyl (C=O) groups is 1. The summed E-state index contributed by atoms with van der Waals surface area (Å²) in [6, 6.07) is 5.94. The van der Waals surface area contributed by atoms with Gasteiger partial charge in [-0.3, -0.25) is 4.79 Å². The smallest absolute Gasteiger partial charge is 0.243 e. The Kier molecular flexibility index (Phi) is 6.24. The molecule has 0 bridgehead atoms. The summed E-state index contributed by atoms with van der Waals surface area (Å²) in [6.07, 6.45) is 3.60. The summed E-state index contributed by atoms with van der Waals surface area (Å²) >= 11 is 0. The van der Waals surface area contributed by atoms with Gasteiger partial charge in [-0.05, 0) is 29.7 Å². The minimum atomic E-state index is -0.700. The Bertz CT molecular complexity index is 982. The van der Waals surface area contributed by atoms with Crippen LogP contribution in [0.3, 0.4) is 0 Å². The molecule has 0 spiro atoms. The maximum atomic E-state index is 13.5. The minimum absolute atomic E-state index is 0.112. The molecule has 0 aliphatic carbocycles. The van der Waals surface area contributed by atoms with Gasteiger partial charge in [0.25, 0.3) is 0 Å². The summed E-state index contributed by atoms with van der Waals surface area (Å²) in [5, 5.41) is 14.1. The monoisotopic (exact) mass is 397 g/mol. The lowest BCUT2D eigenvalue weighted by molar-refractivity contribution is -0.133. The highest BCUT2D eigenvalue weighted by Crippen LogP contribution is 2.30. The second-order valence-corrected chi connectivity index (χ2v) is 6.38. The SMILES string of the molecule is C=C(CCC(=O)N1N=CCC1c1cc(F)cc(F)c1)COc1cc(C#N)ncn1. The highest BCUT2D eigenvalue weighted by Gasteiger charge is 2.28. The van der Waals surface area contributed by atoms with Gasteiger partial charge in [0.05, 0.1) is 6.04 Å². The van der Waals surface area contributed by atoms with E-state index < -0.39 is 17.7 Å². The second kappa shape index (κ2) is 9.01. The van der Waals surface area contributed by atoms with Gasteiger partial charge in [0.1, 0.15) is 36.3 Å². The van der Waals surface area contributed by atoms with Gasteiger partial charge >= 0.3 is 0 Å². The van der Waals surface area contributed by atoms with Crippen molar-refractivity contribution in [3.05, 3.63) is 65.6 Å². The Hall–Kier alpha value is -3.67. The summed E-state index contributed by atoms with van der Waals surface area (Å²) in [5.74, 6) is -1.45. The molecule has 1 amide bonds. The third kappa shape index (κ3) is 5.19. The molecule has 1 aliphatic rings. The van der Waals surface area contributed by atoms with Crippen LogP contribution in [0.25, 0.3) is 0 Å². The molecule has 0 saturated heterocycles. The van der Waals surface area contributed by atoms with Gasteiger partial charge in [0, 0.05) is 31.2 Å². The molecule has 2 heterocycles. The maximum absolute atomic E-state index is 13.5. The van der Waals surface area contributed by atoms with Crippen LogP contribution in [0.5, 0.6) is 5.88 Å². The van der Waals surface area contributed by atoms with Crippen LogP contribution in [-0.4, -0.2) is 33.7 Å². The number of rotatable bonds is 7. The van der Waals surface area contributed by atoms with Crippen LogP contribution in [0.4, 0.5) is 8.78 Å². The molecule has 2 aromatic rings. The molecule has 29 heavy (non-hydrogen) atoms. The molecular formula is C20H17F2N5O2. The van der Waals surface area contributed by atoms with Crippen molar-refractivity contribution < 1.29 is 18.3 Å². The number of ether oxygens (including phenoxy) is 1. The number of halogens is 2. The fourth-order valence-corrected chi connectivity index (χ4v) is 2.82. The van der Waals surface area contributed by atoms with E-state index in [1.165, 1.54) is 29.5 Å². The molecule has 9 heteroatoms.